The first-order chi connectivity index (χ1) is 13.0. The summed E-state index contributed by atoms with van der Waals surface area (Å²) in [5, 5.41) is 7.45. The molecule has 1 fully saturated rings. The summed E-state index contributed by atoms with van der Waals surface area (Å²) in [5.74, 6) is 2.04. The SMILES string of the molecule is CCOc1c(Cl)cc(CNC(=NC)NC2CCN(C(C)C)CC2)cc1OC.I. The number of guanidine groups is 1. The van der Waals surface area contributed by atoms with E-state index in [0.29, 0.717) is 41.8 Å². The minimum absolute atomic E-state index is 0. The molecule has 1 aromatic rings. The van der Waals surface area contributed by atoms with Gasteiger partial charge in [0.1, 0.15) is 0 Å². The molecule has 1 saturated heterocycles. The van der Waals surface area contributed by atoms with Gasteiger partial charge in [0, 0.05) is 38.8 Å². The lowest BCUT2D eigenvalue weighted by Gasteiger charge is -2.35. The summed E-state index contributed by atoms with van der Waals surface area (Å²) in [6.45, 7) is 9.82. The Kier molecular flexibility index (Phi) is 11.3. The van der Waals surface area contributed by atoms with E-state index in [1.54, 1.807) is 14.2 Å². The van der Waals surface area contributed by atoms with Crippen LogP contribution in [0.15, 0.2) is 17.1 Å². The van der Waals surface area contributed by atoms with Gasteiger partial charge in [0.05, 0.1) is 18.7 Å². The van der Waals surface area contributed by atoms with E-state index < -0.39 is 0 Å². The molecule has 1 aliphatic heterocycles. The summed E-state index contributed by atoms with van der Waals surface area (Å²) in [5.41, 5.74) is 1.01. The van der Waals surface area contributed by atoms with Crippen LogP contribution in [0.4, 0.5) is 0 Å². The lowest BCUT2D eigenvalue weighted by molar-refractivity contribution is 0.167. The van der Waals surface area contributed by atoms with Gasteiger partial charge >= 0.3 is 0 Å². The molecule has 28 heavy (non-hydrogen) atoms. The van der Waals surface area contributed by atoms with Crippen LogP contribution in [0.1, 0.15) is 39.2 Å². The van der Waals surface area contributed by atoms with Crippen LogP contribution in [-0.4, -0.2) is 56.8 Å². The maximum Gasteiger partial charge on any atom is 0.191 e. The quantitative estimate of drug-likeness (QED) is 0.322. The molecule has 0 aliphatic carbocycles. The largest absolute Gasteiger partial charge is 0.493 e. The monoisotopic (exact) mass is 524 g/mol. The summed E-state index contributed by atoms with van der Waals surface area (Å²) >= 11 is 6.35. The van der Waals surface area contributed by atoms with Crippen molar-refractivity contribution >= 4 is 41.5 Å². The Labute approximate surface area is 191 Å². The number of benzene rings is 1. The highest BCUT2D eigenvalue weighted by Gasteiger charge is 2.21. The maximum atomic E-state index is 6.35. The number of halogens is 2. The van der Waals surface area contributed by atoms with Crippen molar-refractivity contribution in [1.82, 2.24) is 15.5 Å². The van der Waals surface area contributed by atoms with Crippen molar-refractivity contribution in [1.29, 1.82) is 0 Å². The van der Waals surface area contributed by atoms with Gasteiger partial charge in [-0.2, -0.15) is 0 Å². The summed E-state index contributed by atoms with van der Waals surface area (Å²) in [7, 11) is 3.42. The number of aliphatic imine (C=N–C) groups is 1. The first kappa shape index (κ1) is 25.1. The third-order valence-corrected chi connectivity index (χ3v) is 5.14. The maximum absolute atomic E-state index is 6.35. The molecule has 2 rings (SSSR count). The smallest absolute Gasteiger partial charge is 0.191 e. The van der Waals surface area contributed by atoms with Gasteiger partial charge in [-0.15, -0.1) is 24.0 Å². The van der Waals surface area contributed by atoms with E-state index in [1.165, 1.54) is 0 Å². The van der Waals surface area contributed by atoms with Crippen molar-refractivity contribution < 1.29 is 9.47 Å². The molecule has 0 spiro atoms. The van der Waals surface area contributed by atoms with E-state index in [4.69, 9.17) is 21.1 Å². The van der Waals surface area contributed by atoms with Crippen molar-refractivity contribution in [3.8, 4) is 11.5 Å². The zero-order valence-electron chi connectivity index (χ0n) is 17.5. The number of piperidine rings is 1. The summed E-state index contributed by atoms with van der Waals surface area (Å²) in [4.78, 5) is 6.87. The van der Waals surface area contributed by atoms with E-state index in [9.17, 15) is 0 Å². The molecule has 160 valence electrons. The molecule has 0 atom stereocenters. The predicted molar refractivity (Wildman–Crippen MR) is 128 cm³/mol. The van der Waals surface area contributed by atoms with Gasteiger partial charge in [0.25, 0.3) is 0 Å². The molecule has 0 amide bonds. The first-order valence-corrected chi connectivity index (χ1v) is 10.1. The zero-order valence-corrected chi connectivity index (χ0v) is 20.6. The molecular formula is C20H34ClIN4O2. The van der Waals surface area contributed by atoms with Gasteiger partial charge < -0.3 is 25.0 Å². The molecule has 0 radical (unpaired) electrons. The van der Waals surface area contributed by atoms with Gasteiger partial charge in [0.15, 0.2) is 17.5 Å². The van der Waals surface area contributed by atoms with E-state index in [0.717, 1.165) is 37.5 Å². The third kappa shape index (κ3) is 7.15. The summed E-state index contributed by atoms with van der Waals surface area (Å²) < 4.78 is 11.0. The van der Waals surface area contributed by atoms with Crippen LogP contribution in [0.3, 0.4) is 0 Å². The number of nitrogens with one attached hydrogen (secondary N) is 2. The lowest BCUT2D eigenvalue weighted by Crippen LogP contribution is -2.49. The highest BCUT2D eigenvalue weighted by molar-refractivity contribution is 14.0. The minimum Gasteiger partial charge on any atom is -0.493 e. The molecule has 0 unspecified atom stereocenters. The first-order valence-electron chi connectivity index (χ1n) is 9.68. The molecule has 0 aromatic heterocycles. The van der Waals surface area contributed by atoms with Crippen molar-refractivity contribution in [2.24, 2.45) is 4.99 Å². The Hall–Kier alpha value is -0.930. The number of ether oxygens (including phenoxy) is 2. The van der Waals surface area contributed by atoms with Gasteiger partial charge in [0.2, 0.25) is 0 Å². The van der Waals surface area contributed by atoms with Gasteiger partial charge in [-0.3, -0.25) is 4.99 Å². The van der Waals surface area contributed by atoms with Crippen LogP contribution >= 0.6 is 35.6 Å². The van der Waals surface area contributed by atoms with Crippen LogP contribution in [0, 0.1) is 0 Å². The molecule has 2 N–H and O–H groups in total. The normalized spacial score (nSPS) is 15.9. The second kappa shape index (κ2) is 12.6. The molecule has 1 aromatic carbocycles. The van der Waals surface area contributed by atoms with E-state index >= 15 is 0 Å². The van der Waals surface area contributed by atoms with E-state index in [1.807, 2.05) is 19.1 Å². The third-order valence-electron chi connectivity index (χ3n) is 4.86. The number of hydrogen-bond donors (Lipinski definition) is 2. The summed E-state index contributed by atoms with van der Waals surface area (Å²) in [6, 6.07) is 4.90. The van der Waals surface area contributed by atoms with Crippen molar-refractivity contribution in [3.05, 3.63) is 22.7 Å². The van der Waals surface area contributed by atoms with Crippen LogP contribution in [-0.2, 0) is 6.54 Å². The zero-order chi connectivity index (χ0) is 19.8. The van der Waals surface area contributed by atoms with Crippen molar-refractivity contribution in [2.45, 2.75) is 52.2 Å². The highest BCUT2D eigenvalue weighted by Crippen LogP contribution is 2.36. The number of likely N-dealkylation sites (tertiary alicyclic amines) is 1. The molecule has 8 heteroatoms. The molecule has 0 bridgehead atoms. The average molecular weight is 525 g/mol. The van der Waals surface area contributed by atoms with Crippen LogP contribution < -0.4 is 20.1 Å². The molecular weight excluding hydrogens is 491 g/mol. The highest BCUT2D eigenvalue weighted by atomic mass is 127. The van der Waals surface area contributed by atoms with Crippen LogP contribution in [0.5, 0.6) is 11.5 Å². The Morgan fingerprint density at radius 1 is 1.32 bits per heavy atom. The fourth-order valence-corrected chi connectivity index (χ4v) is 3.58. The predicted octanol–water partition coefficient (Wildman–Crippen LogP) is 3.90. The number of rotatable bonds is 7. The lowest BCUT2D eigenvalue weighted by atomic mass is 10.0. The summed E-state index contributed by atoms with van der Waals surface area (Å²) in [6.07, 6.45) is 2.25. The van der Waals surface area contributed by atoms with Crippen LogP contribution in [0.2, 0.25) is 5.02 Å². The standard InChI is InChI=1S/C20H33ClN4O2.HI/c1-6-27-19-17(21)11-15(12-18(19)26-5)13-23-20(22-4)24-16-7-9-25(10-8-16)14(2)3;/h11-12,14,16H,6-10,13H2,1-5H3,(H2,22,23,24);1H. The second-order valence-corrected chi connectivity index (χ2v) is 7.42. The number of nitrogens with zero attached hydrogens (tertiary/aromatic N) is 2. The fraction of sp³-hybridized carbons (Fsp3) is 0.650. The fourth-order valence-electron chi connectivity index (χ4n) is 3.29. The van der Waals surface area contributed by atoms with Crippen molar-refractivity contribution in [2.75, 3.05) is 33.9 Å². The molecule has 1 aliphatic rings. The van der Waals surface area contributed by atoms with Gasteiger partial charge in [-0.25, -0.2) is 0 Å². The minimum atomic E-state index is 0. The van der Waals surface area contributed by atoms with E-state index in [-0.39, 0.29) is 24.0 Å². The number of hydrogen-bond acceptors (Lipinski definition) is 4. The van der Waals surface area contributed by atoms with Crippen molar-refractivity contribution in [3.63, 3.8) is 0 Å². The Bertz CT molecular complexity index is 635. The average Bonchev–Trinajstić information content (AvgIpc) is 2.67. The van der Waals surface area contributed by atoms with Gasteiger partial charge in [-0.1, -0.05) is 11.6 Å². The topological polar surface area (TPSA) is 58.1 Å². The molecule has 1 heterocycles. The Morgan fingerprint density at radius 2 is 2.00 bits per heavy atom. The van der Waals surface area contributed by atoms with Gasteiger partial charge in [-0.05, 0) is 51.3 Å². The molecule has 0 saturated carbocycles. The molecule has 6 nitrogen and oxygen atoms in total. The van der Waals surface area contributed by atoms with E-state index in [2.05, 4.69) is 34.4 Å². The Morgan fingerprint density at radius 3 is 2.54 bits per heavy atom. The number of methoxy groups -OCH3 is 1. The van der Waals surface area contributed by atoms with Crippen LogP contribution in [0.25, 0.3) is 0 Å². The Balaban J connectivity index is 0.00000392. The second-order valence-electron chi connectivity index (χ2n) is 7.02.